The van der Waals surface area contributed by atoms with E-state index in [-0.39, 0.29) is 17.5 Å². The van der Waals surface area contributed by atoms with Crippen molar-refractivity contribution in [1.29, 1.82) is 0 Å². The van der Waals surface area contributed by atoms with Crippen LogP contribution in [0, 0.1) is 0 Å². The first-order valence-corrected chi connectivity index (χ1v) is 8.01. The van der Waals surface area contributed by atoms with E-state index in [1.165, 1.54) is 0 Å². The van der Waals surface area contributed by atoms with Gasteiger partial charge in [0, 0.05) is 43.3 Å². The second-order valence-corrected chi connectivity index (χ2v) is 7.14. The third-order valence-corrected chi connectivity index (χ3v) is 3.84. The Labute approximate surface area is 136 Å². The molecule has 1 saturated heterocycles. The fourth-order valence-electron chi connectivity index (χ4n) is 2.84. The first-order chi connectivity index (χ1) is 10.9. The van der Waals surface area contributed by atoms with Gasteiger partial charge in [-0.2, -0.15) is 0 Å². The lowest BCUT2D eigenvalue weighted by molar-refractivity contribution is -0.125. The molecule has 23 heavy (non-hydrogen) atoms. The molecule has 0 aliphatic carbocycles. The van der Waals surface area contributed by atoms with Gasteiger partial charge in [-0.3, -0.25) is 9.69 Å². The molecule has 0 spiro atoms. The zero-order valence-corrected chi connectivity index (χ0v) is 13.9. The lowest BCUT2D eigenvalue weighted by Gasteiger charge is -2.34. The van der Waals surface area contributed by atoms with Crippen molar-refractivity contribution >= 4 is 17.0 Å². The Hall–Kier alpha value is -1.92. The van der Waals surface area contributed by atoms with Gasteiger partial charge in [0.05, 0.1) is 12.3 Å². The summed E-state index contributed by atoms with van der Waals surface area (Å²) in [4.78, 5) is 18.9. The fraction of sp³-hybridized carbons (Fsp3) is 0.529. The van der Waals surface area contributed by atoms with Crippen molar-refractivity contribution in [2.45, 2.75) is 38.9 Å². The third-order valence-electron chi connectivity index (χ3n) is 3.84. The number of amides is 1. The highest BCUT2D eigenvalue weighted by Gasteiger charge is 2.27. The first kappa shape index (κ1) is 16.0. The topological polar surface area (TPSA) is 70.4 Å². The minimum atomic E-state index is -0.211. The summed E-state index contributed by atoms with van der Waals surface area (Å²) in [5, 5.41) is 7.35. The number of aromatic nitrogens is 1. The van der Waals surface area contributed by atoms with Crippen LogP contribution in [0.5, 0.6) is 0 Å². The number of carbonyl (C=O) groups is 1. The Balaban J connectivity index is 1.63. The van der Waals surface area contributed by atoms with E-state index >= 15 is 0 Å². The molecule has 6 heteroatoms. The van der Waals surface area contributed by atoms with Gasteiger partial charge in [-0.25, -0.2) is 4.98 Å². The van der Waals surface area contributed by atoms with E-state index in [1.54, 1.807) is 6.26 Å². The lowest BCUT2D eigenvalue weighted by atomic mass is 10.1. The molecule has 2 aromatic rings. The number of furan rings is 1. The van der Waals surface area contributed by atoms with Crippen LogP contribution in [0.3, 0.4) is 0 Å². The van der Waals surface area contributed by atoms with Gasteiger partial charge in [0.2, 0.25) is 11.6 Å². The molecule has 1 fully saturated rings. The number of piperazine rings is 1. The van der Waals surface area contributed by atoms with Gasteiger partial charge >= 0.3 is 0 Å². The zero-order chi connectivity index (χ0) is 16.4. The molecule has 1 aliphatic rings. The van der Waals surface area contributed by atoms with Crippen LogP contribution in [0.25, 0.3) is 11.1 Å². The average molecular weight is 316 g/mol. The fourth-order valence-corrected chi connectivity index (χ4v) is 2.84. The number of hydrogen-bond donors (Lipinski definition) is 2. The highest BCUT2D eigenvalue weighted by Crippen LogP contribution is 2.16. The Morgan fingerprint density at radius 1 is 1.52 bits per heavy atom. The van der Waals surface area contributed by atoms with Gasteiger partial charge in [-0.1, -0.05) is 0 Å². The maximum atomic E-state index is 12.3. The molecule has 0 aromatic carbocycles. The first-order valence-electron chi connectivity index (χ1n) is 8.01. The monoisotopic (exact) mass is 316 g/mol. The van der Waals surface area contributed by atoms with Gasteiger partial charge < -0.3 is 15.1 Å². The predicted molar refractivity (Wildman–Crippen MR) is 89.0 cm³/mol. The van der Waals surface area contributed by atoms with Crippen LogP contribution in [0.1, 0.15) is 26.3 Å². The zero-order valence-electron chi connectivity index (χ0n) is 13.9. The van der Waals surface area contributed by atoms with E-state index in [9.17, 15) is 4.79 Å². The summed E-state index contributed by atoms with van der Waals surface area (Å²) >= 11 is 0. The smallest absolute Gasteiger partial charge is 0.238 e. The largest absolute Gasteiger partial charge is 0.446 e. The Morgan fingerprint density at radius 3 is 3.13 bits per heavy atom. The molecule has 0 radical (unpaired) electrons. The number of carbonyl (C=O) groups excluding carboxylic acids is 1. The summed E-state index contributed by atoms with van der Waals surface area (Å²) < 4.78 is 5.27. The summed E-state index contributed by atoms with van der Waals surface area (Å²) in [6.07, 6.45) is 3.50. The van der Waals surface area contributed by atoms with Crippen LogP contribution in [0.4, 0.5) is 0 Å². The number of fused-ring (bicyclic) bond motifs is 1. The summed E-state index contributed by atoms with van der Waals surface area (Å²) in [5.41, 5.74) is 1.59. The number of nitrogens with one attached hydrogen (secondary N) is 2. The molecule has 2 aromatic heterocycles. The van der Waals surface area contributed by atoms with E-state index < -0.39 is 0 Å². The molecule has 0 bridgehead atoms. The Morgan fingerprint density at radius 2 is 2.35 bits per heavy atom. The lowest BCUT2D eigenvalue weighted by Crippen LogP contribution is -2.59. The molecular weight excluding hydrogens is 292 g/mol. The van der Waals surface area contributed by atoms with Crippen molar-refractivity contribution in [2.75, 3.05) is 19.6 Å². The van der Waals surface area contributed by atoms with E-state index in [1.807, 2.05) is 33.0 Å². The van der Waals surface area contributed by atoms with Crippen LogP contribution in [-0.4, -0.2) is 47.0 Å². The maximum Gasteiger partial charge on any atom is 0.238 e. The molecule has 6 nitrogen and oxygen atoms in total. The average Bonchev–Trinajstić information content (AvgIpc) is 2.93. The SMILES string of the molecule is CC(C)(C)NC(=O)[C@H]1CN(Cc2cnc3occc3c2)CCN1. The number of nitrogens with zero attached hydrogens (tertiary/aromatic N) is 2. The number of hydrogen-bond acceptors (Lipinski definition) is 5. The Kier molecular flexibility index (Phi) is 4.37. The third kappa shape index (κ3) is 4.09. The van der Waals surface area contributed by atoms with Crippen molar-refractivity contribution in [3.8, 4) is 0 Å². The quantitative estimate of drug-likeness (QED) is 0.898. The molecule has 124 valence electrons. The van der Waals surface area contributed by atoms with E-state index in [0.29, 0.717) is 12.3 Å². The van der Waals surface area contributed by atoms with Crippen molar-refractivity contribution in [3.63, 3.8) is 0 Å². The predicted octanol–water partition coefficient (Wildman–Crippen LogP) is 1.52. The summed E-state index contributed by atoms with van der Waals surface area (Å²) in [5.74, 6) is 0.0608. The Bertz CT molecular complexity index is 689. The van der Waals surface area contributed by atoms with Crippen molar-refractivity contribution in [1.82, 2.24) is 20.5 Å². The molecule has 2 N–H and O–H groups in total. The van der Waals surface area contributed by atoms with Crippen LogP contribution in [0.2, 0.25) is 0 Å². The van der Waals surface area contributed by atoms with E-state index in [4.69, 9.17) is 4.42 Å². The maximum absolute atomic E-state index is 12.3. The second kappa shape index (κ2) is 6.29. The standard InChI is InChI=1S/C17H24N4O2/c1-17(2,3)20-15(22)14-11-21(6-5-18-14)10-12-8-13-4-7-23-16(13)19-9-12/h4,7-9,14,18H,5-6,10-11H2,1-3H3,(H,20,22)/t14-/m1/s1. The molecule has 3 rings (SSSR count). The van der Waals surface area contributed by atoms with Crippen LogP contribution in [-0.2, 0) is 11.3 Å². The summed E-state index contributed by atoms with van der Waals surface area (Å²) in [6, 6.07) is 3.84. The van der Waals surface area contributed by atoms with Gasteiger partial charge in [0.15, 0.2) is 0 Å². The molecule has 3 heterocycles. The molecule has 0 unspecified atom stereocenters. The van der Waals surface area contributed by atoms with E-state index in [0.717, 1.165) is 30.6 Å². The van der Waals surface area contributed by atoms with Crippen LogP contribution >= 0.6 is 0 Å². The van der Waals surface area contributed by atoms with Gasteiger partial charge in [0.1, 0.15) is 0 Å². The minimum absolute atomic E-state index is 0.0608. The van der Waals surface area contributed by atoms with Gasteiger partial charge in [-0.15, -0.1) is 0 Å². The highest BCUT2D eigenvalue weighted by molar-refractivity contribution is 5.82. The second-order valence-electron chi connectivity index (χ2n) is 7.14. The normalized spacial score (nSPS) is 19.9. The van der Waals surface area contributed by atoms with Crippen molar-refractivity contribution in [2.24, 2.45) is 0 Å². The van der Waals surface area contributed by atoms with E-state index in [2.05, 4.69) is 26.6 Å². The summed E-state index contributed by atoms with van der Waals surface area (Å²) in [7, 11) is 0. The molecule has 1 aliphatic heterocycles. The van der Waals surface area contributed by atoms with Crippen molar-refractivity contribution in [3.05, 3.63) is 30.2 Å². The number of rotatable bonds is 3. The van der Waals surface area contributed by atoms with Gasteiger partial charge in [-0.05, 0) is 38.5 Å². The van der Waals surface area contributed by atoms with Crippen molar-refractivity contribution < 1.29 is 9.21 Å². The molecule has 1 amide bonds. The highest BCUT2D eigenvalue weighted by atomic mass is 16.3. The number of pyridine rings is 1. The van der Waals surface area contributed by atoms with Crippen LogP contribution in [0.15, 0.2) is 29.0 Å². The minimum Gasteiger partial charge on any atom is -0.446 e. The van der Waals surface area contributed by atoms with Crippen LogP contribution < -0.4 is 10.6 Å². The molecule has 1 atom stereocenters. The molecule has 0 saturated carbocycles. The van der Waals surface area contributed by atoms with Gasteiger partial charge in [0.25, 0.3) is 0 Å². The summed E-state index contributed by atoms with van der Waals surface area (Å²) in [6.45, 7) is 9.21. The molecular formula is C17H24N4O2.